The molecule has 3 rings (SSSR count). The molecule has 9 atom stereocenters. The average Bonchev–Trinajstić information content (AvgIpc) is 3.72. The second-order valence-corrected chi connectivity index (χ2v) is 19.2. The van der Waals surface area contributed by atoms with E-state index in [1.165, 1.54) is 11.9 Å². The highest BCUT2D eigenvalue weighted by Crippen LogP contribution is 2.31. The Balaban J connectivity index is 1.82. The molecule has 13 heteroatoms. The van der Waals surface area contributed by atoms with Crippen molar-refractivity contribution in [2.45, 2.75) is 149 Å². The number of amides is 5. The summed E-state index contributed by atoms with van der Waals surface area (Å²) in [6.07, 6.45) is 5.03. The number of methoxy groups -OCH3 is 2. The highest BCUT2D eigenvalue weighted by Gasteiger charge is 2.44. The largest absolute Gasteiger partial charge is 0.444 e. The van der Waals surface area contributed by atoms with Gasteiger partial charge in [-0.05, 0) is 76.0 Å². The first-order valence-electron chi connectivity index (χ1n) is 23.1. The van der Waals surface area contributed by atoms with Crippen LogP contribution in [-0.2, 0) is 39.8 Å². The van der Waals surface area contributed by atoms with Crippen molar-refractivity contribution < 1.29 is 38.2 Å². The summed E-state index contributed by atoms with van der Waals surface area (Å²) < 4.78 is 17.8. The predicted octanol–water partition coefficient (Wildman–Crippen LogP) is 7.38. The molecule has 2 N–H and O–H groups in total. The highest BCUT2D eigenvalue weighted by molar-refractivity contribution is 6.01. The Morgan fingerprint density at radius 2 is 1.41 bits per heavy atom. The number of rotatable bonds is 22. The van der Waals surface area contributed by atoms with Crippen LogP contribution in [0.15, 0.2) is 66.7 Å². The van der Waals surface area contributed by atoms with Crippen LogP contribution in [-0.4, -0.2) is 127 Å². The van der Waals surface area contributed by atoms with Gasteiger partial charge in [0, 0.05) is 33.9 Å². The summed E-state index contributed by atoms with van der Waals surface area (Å²) in [5.74, 6) is -2.53. The molecule has 2 aromatic carbocycles. The maximum atomic E-state index is 14.5. The molecule has 1 aliphatic heterocycles. The number of hydrogen-bond donors (Lipinski definition) is 2. The molecule has 13 nitrogen and oxygen atoms in total. The minimum absolute atomic E-state index is 0.0150. The molecule has 0 saturated carbocycles. The van der Waals surface area contributed by atoms with Gasteiger partial charge in [-0.2, -0.15) is 0 Å². The van der Waals surface area contributed by atoms with E-state index in [-0.39, 0.29) is 48.1 Å². The number of hydrogen-bond acceptors (Lipinski definition) is 9. The number of ether oxygens (including phenoxy) is 3. The molecule has 1 fully saturated rings. The fourth-order valence-electron chi connectivity index (χ4n) is 9.12. The Morgan fingerprint density at radius 3 is 1.94 bits per heavy atom. The number of carbonyl (C=O) groups excluding carboxylic acids is 5. The molecule has 0 unspecified atom stereocenters. The van der Waals surface area contributed by atoms with E-state index < -0.39 is 59.8 Å². The summed E-state index contributed by atoms with van der Waals surface area (Å²) in [4.78, 5) is 74.6. The van der Waals surface area contributed by atoms with Crippen molar-refractivity contribution in [3.05, 3.63) is 77.9 Å². The summed E-state index contributed by atoms with van der Waals surface area (Å²) >= 11 is 0. The summed E-state index contributed by atoms with van der Waals surface area (Å²) in [6.45, 7) is 19.2. The fraction of sp³-hybridized carbons (Fsp3) is 0.627. The average molecular weight is 890 g/mol. The van der Waals surface area contributed by atoms with E-state index in [1.54, 1.807) is 35.0 Å². The van der Waals surface area contributed by atoms with Crippen LogP contribution in [0.2, 0.25) is 0 Å². The monoisotopic (exact) mass is 890 g/mol. The third-order valence-corrected chi connectivity index (χ3v) is 12.5. The SMILES string of the molecule is CC[C@H](C)[C@@H]([C@@H](CC(=O)N1CCC[C@H]1[C@H](OC)[C@@H](C)C(=O)N[C@H](/C=C\c1ccccc1)Cc1ccccc1)OC)N(C)[C@H](C(=O)NC(=O)[C@H](C(C)C)N(C)C(=O)OC(C)(C)C)C(C)C. The number of benzene rings is 2. The molecule has 0 aliphatic carbocycles. The summed E-state index contributed by atoms with van der Waals surface area (Å²) in [6, 6.07) is 17.3. The van der Waals surface area contributed by atoms with E-state index in [4.69, 9.17) is 14.2 Å². The third kappa shape index (κ3) is 15.3. The minimum Gasteiger partial charge on any atom is -0.444 e. The first kappa shape index (κ1) is 53.7. The molecule has 64 heavy (non-hydrogen) atoms. The number of imide groups is 1. The highest BCUT2D eigenvalue weighted by atomic mass is 16.6. The van der Waals surface area contributed by atoms with Crippen LogP contribution < -0.4 is 10.6 Å². The maximum Gasteiger partial charge on any atom is 0.410 e. The van der Waals surface area contributed by atoms with Gasteiger partial charge in [-0.15, -0.1) is 0 Å². The fourth-order valence-corrected chi connectivity index (χ4v) is 9.12. The molecular formula is C51H79N5O8. The van der Waals surface area contributed by atoms with Gasteiger partial charge in [0.05, 0.1) is 42.7 Å². The maximum absolute atomic E-state index is 14.5. The van der Waals surface area contributed by atoms with E-state index in [1.807, 2.05) is 124 Å². The number of carbonyl (C=O) groups is 5. The van der Waals surface area contributed by atoms with Crippen molar-refractivity contribution in [1.82, 2.24) is 25.3 Å². The Kier molecular flexibility index (Phi) is 21.2. The van der Waals surface area contributed by atoms with Gasteiger partial charge in [0.25, 0.3) is 0 Å². The normalized spacial score (nSPS) is 18.3. The number of nitrogens with one attached hydrogen (secondary N) is 2. The van der Waals surface area contributed by atoms with Crippen molar-refractivity contribution in [2.75, 3.05) is 34.9 Å². The number of likely N-dealkylation sites (tertiary alicyclic amines) is 1. The van der Waals surface area contributed by atoms with Gasteiger partial charge < -0.3 is 24.4 Å². The molecule has 2 aromatic rings. The first-order valence-corrected chi connectivity index (χ1v) is 23.1. The summed E-state index contributed by atoms with van der Waals surface area (Å²) in [7, 11) is 6.52. The zero-order valence-corrected chi connectivity index (χ0v) is 41.1. The summed E-state index contributed by atoms with van der Waals surface area (Å²) in [5.41, 5.74) is 1.37. The van der Waals surface area contributed by atoms with Gasteiger partial charge in [-0.1, -0.05) is 128 Å². The van der Waals surface area contributed by atoms with Crippen LogP contribution in [0.5, 0.6) is 0 Å². The van der Waals surface area contributed by atoms with E-state index in [2.05, 4.69) is 24.5 Å². The van der Waals surface area contributed by atoms with E-state index in [0.29, 0.717) is 19.4 Å². The van der Waals surface area contributed by atoms with Crippen LogP contribution in [0, 0.1) is 23.7 Å². The van der Waals surface area contributed by atoms with Crippen molar-refractivity contribution in [1.29, 1.82) is 0 Å². The lowest BCUT2D eigenvalue weighted by Gasteiger charge is -2.43. The number of likely N-dealkylation sites (N-methyl/N-ethyl adjacent to an activating group) is 2. The van der Waals surface area contributed by atoms with E-state index in [0.717, 1.165) is 24.0 Å². The van der Waals surface area contributed by atoms with Gasteiger partial charge in [-0.3, -0.25) is 34.3 Å². The van der Waals surface area contributed by atoms with Crippen LogP contribution in [0.25, 0.3) is 6.08 Å². The van der Waals surface area contributed by atoms with Gasteiger partial charge in [0.2, 0.25) is 23.6 Å². The van der Waals surface area contributed by atoms with E-state index >= 15 is 0 Å². The van der Waals surface area contributed by atoms with Crippen molar-refractivity contribution in [2.24, 2.45) is 23.7 Å². The molecule has 0 spiro atoms. The van der Waals surface area contributed by atoms with Gasteiger partial charge in [-0.25, -0.2) is 4.79 Å². The molecular weight excluding hydrogens is 811 g/mol. The Labute approximate surface area is 384 Å². The number of nitrogens with zero attached hydrogens (tertiary/aromatic N) is 3. The standard InChI is InChI=1S/C51H79N5O8/c1-15-35(6)45(54(11)43(33(2)3)48(59)53-49(60)44(34(4)5)55(12)50(61)64-51(8,9)10)41(62-13)32-42(57)56-30-22-27-40(56)46(63-14)36(7)47(58)52-39(31-38-25-20-17-21-26-38)29-28-37-23-18-16-19-24-37/h16-21,23-26,28-29,33-36,39-41,43-46H,15,22,27,30-32H2,1-14H3,(H,52,58)(H,53,59,60)/b29-28-/t35-,36+,39+,40-,41+,43-,44-,45-,46+/m0/s1. The quantitative estimate of drug-likeness (QED) is 0.124. The lowest BCUT2D eigenvalue weighted by molar-refractivity contribution is -0.144. The molecule has 356 valence electrons. The van der Waals surface area contributed by atoms with Crippen molar-refractivity contribution in [3.63, 3.8) is 0 Å². The molecule has 0 aromatic heterocycles. The molecule has 1 saturated heterocycles. The van der Waals surface area contributed by atoms with Crippen LogP contribution in [0.4, 0.5) is 4.79 Å². The second kappa shape index (κ2) is 25.2. The zero-order valence-electron chi connectivity index (χ0n) is 41.1. The Hall–Kier alpha value is -4.59. The van der Waals surface area contributed by atoms with Gasteiger partial charge in [0.1, 0.15) is 11.6 Å². The van der Waals surface area contributed by atoms with Gasteiger partial charge >= 0.3 is 6.09 Å². The van der Waals surface area contributed by atoms with Gasteiger partial charge in [0.15, 0.2) is 0 Å². The lowest BCUT2D eigenvalue weighted by atomic mass is 9.87. The van der Waals surface area contributed by atoms with Crippen molar-refractivity contribution in [3.8, 4) is 0 Å². The minimum atomic E-state index is -0.961. The second-order valence-electron chi connectivity index (χ2n) is 19.2. The topological polar surface area (TPSA) is 147 Å². The van der Waals surface area contributed by atoms with E-state index in [9.17, 15) is 24.0 Å². The van der Waals surface area contributed by atoms with Crippen LogP contribution in [0.1, 0.15) is 106 Å². The lowest BCUT2D eigenvalue weighted by Crippen LogP contribution is -2.60. The molecule has 5 amide bonds. The molecule has 1 heterocycles. The zero-order chi connectivity index (χ0) is 47.9. The molecule has 0 bridgehead atoms. The van der Waals surface area contributed by atoms with Crippen LogP contribution in [0.3, 0.4) is 0 Å². The molecule has 0 radical (unpaired) electrons. The Morgan fingerprint density at radius 1 is 0.828 bits per heavy atom. The first-order chi connectivity index (χ1) is 30.1. The van der Waals surface area contributed by atoms with Crippen LogP contribution >= 0.6 is 0 Å². The third-order valence-electron chi connectivity index (χ3n) is 12.5. The predicted molar refractivity (Wildman–Crippen MR) is 253 cm³/mol. The molecule has 1 aliphatic rings. The smallest absolute Gasteiger partial charge is 0.410 e. The van der Waals surface area contributed by atoms with Crippen molar-refractivity contribution >= 4 is 35.8 Å². The Bertz CT molecular complexity index is 1820. The summed E-state index contributed by atoms with van der Waals surface area (Å²) in [5, 5.41) is 5.89.